The molecule has 1 heterocycles. The van der Waals surface area contributed by atoms with Gasteiger partial charge in [-0.15, -0.1) is 0 Å². The summed E-state index contributed by atoms with van der Waals surface area (Å²) in [6, 6.07) is 8.60. The van der Waals surface area contributed by atoms with Crippen LogP contribution in [0.2, 0.25) is 0 Å². The van der Waals surface area contributed by atoms with Gasteiger partial charge in [-0.3, -0.25) is 0 Å². The summed E-state index contributed by atoms with van der Waals surface area (Å²) in [7, 11) is 2.02. The molecule has 2 nitrogen and oxygen atoms in total. The molecule has 0 amide bonds. The van der Waals surface area contributed by atoms with Crippen LogP contribution in [0.5, 0.6) is 0 Å². The number of hydrogen-bond donors (Lipinski definition) is 0. The summed E-state index contributed by atoms with van der Waals surface area (Å²) in [6.45, 7) is 2.10. The first-order chi connectivity index (χ1) is 7.16. The zero-order valence-corrected chi connectivity index (χ0v) is 10.5. The minimum absolute atomic E-state index is 0.914. The predicted octanol–water partition coefficient (Wildman–Crippen LogP) is 3.08. The molecule has 0 N–H and O–H groups in total. The van der Waals surface area contributed by atoms with Crippen molar-refractivity contribution in [1.82, 2.24) is 9.55 Å². The van der Waals surface area contributed by atoms with Gasteiger partial charge in [-0.05, 0) is 28.4 Å². The van der Waals surface area contributed by atoms with Crippen molar-refractivity contribution in [3.05, 3.63) is 52.0 Å². The number of imidazole rings is 1. The van der Waals surface area contributed by atoms with E-state index in [0.29, 0.717) is 0 Å². The van der Waals surface area contributed by atoms with Gasteiger partial charge in [0.05, 0.1) is 12.0 Å². The van der Waals surface area contributed by atoms with E-state index in [-0.39, 0.29) is 0 Å². The molecule has 0 bridgehead atoms. The Kier molecular flexibility index (Phi) is 2.91. The van der Waals surface area contributed by atoms with Crippen LogP contribution in [-0.4, -0.2) is 9.55 Å². The van der Waals surface area contributed by atoms with Crippen LogP contribution < -0.4 is 0 Å². The fraction of sp³-hybridized carbons (Fsp3) is 0.250. The van der Waals surface area contributed by atoms with Gasteiger partial charge in [0.2, 0.25) is 0 Å². The van der Waals surface area contributed by atoms with Gasteiger partial charge in [0.15, 0.2) is 0 Å². The topological polar surface area (TPSA) is 17.8 Å². The Morgan fingerprint density at radius 3 is 2.47 bits per heavy atom. The van der Waals surface area contributed by atoms with Crippen LogP contribution in [0.15, 0.2) is 35.2 Å². The van der Waals surface area contributed by atoms with Crippen LogP contribution in [0.25, 0.3) is 0 Å². The first kappa shape index (κ1) is 10.4. The largest absolute Gasteiger partial charge is 0.336 e. The first-order valence-corrected chi connectivity index (χ1v) is 5.67. The minimum Gasteiger partial charge on any atom is -0.336 e. The third kappa shape index (κ3) is 2.29. The molecule has 0 unspecified atom stereocenters. The molecule has 0 fully saturated rings. The summed E-state index contributed by atoms with van der Waals surface area (Å²) >= 11 is 3.46. The van der Waals surface area contributed by atoms with Gasteiger partial charge in [-0.25, -0.2) is 4.98 Å². The lowest BCUT2D eigenvalue weighted by Gasteiger charge is -2.04. The maximum Gasteiger partial charge on any atom is 0.127 e. The van der Waals surface area contributed by atoms with Crippen molar-refractivity contribution in [3.63, 3.8) is 0 Å². The van der Waals surface area contributed by atoms with E-state index in [0.717, 1.165) is 11.0 Å². The molecule has 0 spiro atoms. The van der Waals surface area contributed by atoms with Gasteiger partial charge in [0.25, 0.3) is 0 Å². The lowest BCUT2D eigenvalue weighted by atomic mass is 10.1. The van der Waals surface area contributed by atoms with Crippen LogP contribution in [0.3, 0.4) is 0 Å². The van der Waals surface area contributed by atoms with Crippen LogP contribution >= 0.6 is 15.9 Å². The molecule has 2 aromatic rings. The van der Waals surface area contributed by atoms with Gasteiger partial charge in [0.1, 0.15) is 4.60 Å². The van der Waals surface area contributed by atoms with Crippen LogP contribution in [0.4, 0.5) is 0 Å². The molecule has 1 aromatic carbocycles. The Balaban J connectivity index is 2.25. The molecule has 0 aliphatic carbocycles. The number of benzene rings is 1. The average molecular weight is 265 g/mol. The van der Waals surface area contributed by atoms with Gasteiger partial charge >= 0.3 is 0 Å². The standard InChI is InChI=1S/C12H13BrN2/c1-9-3-5-10(6-4-9)7-11-12(13)14-8-15(11)2/h3-6,8H,7H2,1-2H3. The van der Waals surface area contributed by atoms with Gasteiger partial charge < -0.3 is 4.57 Å². The summed E-state index contributed by atoms with van der Waals surface area (Å²) < 4.78 is 2.98. The number of aromatic nitrogens is 2. The van der Waals surface area contributed by atoms with E-state index >= 15 is 0 Å². The quantitative estimate of drug-likeness (QED) is 0.815. The highest BCUT2D eigenvalue weighted by Gasteiger charge is 2.06. The van der Waals surface area contributed by atoms with Crippen molar-refractivity contribution in [1.29, 1.82) is 0 Å². The highest BCUT2D eigenvalue weighted by molar-refractivity contribution is 9.10. The van der Waals surface area contributed by atoms with Crippen molar-refractivity contribution >= 4 is 15.9 Å². The highest BCUT2D eigenvalue weighted by atomic mass is 79.9. The molecule has 0 saturated carbocycles. The van der Waals surface area contributed by atoms with Gasteiger partial charge in [-0.2, -0.15) is 0 Å². The molecular formula is C12H13BrN2. The first-order valence-electron chi connectivity index (χ1n) is 4.88. The van der Waals surface area contributed by atoms with Crippen LogP contribution in [0, 0.1) is 6.92 Å². The summed E-state index contributed by atoms with van der Waals surface area (Å²) in [5.41, 5.74) is 3.81. The molecule has 3 heteroatoms. The molecule has 0 aliphatic rings. The number of hydrogen-bond acceptors (Lipinski definition) is 1. The second-order valence-corrected chi connectivity index (χ2v) is 4.51. The molecule has 0 aliphatic heterocycles. The van der Waals surface area contributed by atoms with Gasteiger partial charge in [-0.1, -0.05) is 29.8 Å². The Labute approximate surface area is 98.1 Å². The summed E-state index contributed by atoms with van der Waals surface area (Å²) in [6.07, 6.45) is 2.74. The zero-order chi connectivity index (χ0) is 10.8. The van der Waals surface area contributed by atoms with Crippen molar-refractivity contribution in [2.75, 3.05) is 0 Å². The van der Waals surface area contributed by atoms with Crippen LogP contribution in [-0.2, 0) is 13.5 Å². The fourth-order valence-corrected chi connectivity index (χ4v) is 2.04. The summed E-state index contributed by atoms with van der Waals surface area (Å²) in [4.78, 5) is 4.21. The summed E-state index contributed by atoms with van der Waals surface area (Å²) in [5, 5.41) is 0. The van der Waals surface area contributed by atoms with Gasteiger partial charge in [0, 0.05) is 13.5 Å². The lowest BCUT2D eigenvalue weighted by Crippen LogP contribution is -1.97. The molecule has 0 radical (unpaired) electrons. The van der Waals surface area contributed by atoms with E-state index in [2.05, 4.69) is 52.1 Å². The Hall–Kier alpha value is -1.09. The van der Waals surface area contributed by atoms with E-state index < -0.39 is 0 Å². The number of aryl methyl sites for hydroxylation is 2. The summed E-state index contributed by atoms with van der Waals surface area (Å²) in [5.74, 6) is 0. The molecule has 78 valence electrons. The average Bonchev–Trinajstić information content (AvgIpc) is 2.53. The number of halogens is 1. The minimum atomic E-state index is 0.914. The normalized spacial score (nSPS) is 10.6. The van der Waals surface area contributed by atoms with Crippen molar-refractivity contribution in [2.45, 2.75) is 13.3 Å². The molecule has 15 heavy (non-hydrogen) atoms. The molecule has 0 saturated heterocycles. The zero-order valence-electron chi connectivity index (χ0n) is 8.87. The van der Waals surface area contributed by atoms with Crippen LogP contribution in [0.1, 0.15) is 16.8 Å². The van der Waals surface area contributed by atoms with Crippen molar-refractivity contribution in [2.24, 2.45) is 7.05 Å². The third-order valence-electron chi connectivity index (χ3n) is 2.50. The predicted molar refractivity (Wildman–Crippen MR) is 64.9 cm³/mol. The van der Waals surface area contributed by atoms with E-state index in [1.54, 1.807) is 0 Å². The van der Waals surface area contributed by atoms with E-state index in [1.807, 2.05) is 17.9 Å². The monoisotopic (exact) mass is 264 g/mol. The lowest BCUT2D eigenvalue weighted by molar-refractivity contribution is 0.842. The van der Waals surface area contributed by atoms with Crippen molar-refractivity contribution < 1.29 is 0 Å². The van der Waals surface area contributed by atoms with Crippen molar-refractivity contribution in [3.8, 4) is 0 Å². The third-order valence-corrected chi connectivity index (χ3v) is 3.16. The highest BCUT2D eigenvalue weighted by Crippen LogP contribution is 2.17. The number of rotatable bonds is 2. The second-order valence-electron chi connectivity index (χ2n) is 3.76. The van der Waals surface area contributed by atoms with E-state index in [9.17, 15) is 0 Å². The SMILES string of the molecule is Cc1ccc(Cc2c(Br)ncn2C)cc1. The molecule has 0 atom stereocenters. The van der Waals surface area contributed by atoms with E-state index in [1.165, 1.54) is 16.8 Å². The number of nitrogens with zero attached hydrogens (tertiary/aromatic N) is 2. The smallest absolute Gasteiger partial charge is 0.127 e. The maximum absolute atomic E-state index is 4.21. The Bertz CT molecular complexity index is 437. The molecule has 1 aromatic heterocycles. The second kappa shape index (κ2) is 4.19. The maximum atomic E-state index is 4.21. The molecular weight excluding hydrogens is 252 g/mol. The molecule has 2 rings (SSSR count). The Morgan fingerprint density at radius 1 is 1.27 bits per heavy atom. The fourth-order valence-electron chi connectivity index (χ4n) is 1.52. The Morgan fingerprint density at radius 2 is 1.93 bits per heavy atom. The van der Waals surface area contributed by atoms with E-state index in [4.69, 9.17) is 0 Å².